The molecule has 0 amide bonds. The Hall–Kier alpha value is -1.55. The van der Waals surface area contributed by atoms with Crippen molar-refractivity contribution in [2.24, 2.45) is 4.99 Å². The summed E-state index contributed by atoms with van der Waals surface area (Å²) >= 11 is 1.68. The number of nitrogens with one attached hydrogen (secondary N) is 1. The van der Waals surface area contributed by atoms with Gasteiger partial charge in [0.1, 0.15) is 0 Å². The van der Waals surface area contributed by atoms with Gasteiger partial charge in [0, 0.05) is 25.5 Å². The highest BCUT2D eigenvalue weighted by Gasteiger charge is 2.13. The molecule has 8 heteroatoms. The summed E-state index contributed by atoms with van der Waals surface area (Å²) in [5.41, 5.74) is 2.27. The fourth-order valence-electron chi connectivity index (χ4n) is 2.66. The first-order valence-corrected chi connectivity index (χ1v) is 9.32. The maximum atomic E-state index is 5.43. The third kappa shape index (κ3) is 5.47. The normalized spacial score (nSPS) is 12.7. The molecule has 0 spiro atoms. The van der Waals surface area contributed by atoms with Gasteiger partial charge >= 0.3 is 0 Å². The molecule has 26 heavy (non-hydrogen) atoms. The quantitative estimate of drug-likeness (QED) is 0.384. The lowest BCUT2D eigenvalue weighted by molar-refractivity contribution is 0.174. The molecule has 1 N–H and O–H groups in total. The van der Waals surface area contributed by atoms with Crippen LogP contribution in [0.3, 0.4) is 0 Å². The van der Waals surface area contributed by atoms with Gasteiger partial charge in [-0.3, -0.25) is 4.99 Å². The Bertz CT molecular complexity index is 751. The molecule has 3 rings (SSSR count). The van der Waals surface area contributed by atoms with E-state index in [0.29, 0.717) is 13.3 Å². The molecule has 1 aromatic carbocycles. The van der Waals surface area contributed by atoms with Gasteiger partial charge in [0.15, 0.2) is 17.5 Å². The van der Waals surface area contributed by atoms with Crippen LogP contribution in [0, 0.1) is 6.92 Å². The predicted molar refractivity (Wildman–Crippen MR) is 116 cm³/mol. The van der Waals surface area contributed by atoms with Crippen molar-refractivity contribution >= 4 is 41.3 Å². The van der Waals surface area contributed by atoms with Gasteiger partial charge in [-0.1, -0.05) is 6.07 Å². The van der Waals surface area contributed by atoms with E-state index in [1.54, 1.807) is 11.3 Å². The van der Waals surface area contributed by atoms with Crippen LogP contribution in [0.4, 0.5) is 0 Å². The number of halogens is 1. The summed E-state index contributed by atoms with van der Waals surface area (Å²) < 4.78 is 10.8. The molecule has 0 unspecified atom stereocenters. The van der Waals surface area contributed by atoms with E-state index in [-0.39, 0.29) is 24.0 Å². The van der Waals surface area contributed by atoms with Crippen LogP contribution in [0.5, 0.6) is 11.5 Å². The third-order valence-corrected chi connectivity index (χ3v) is 4.68. The monoisotopic (exact) mass is 488 g/mol. The Morgan fingerprint density at radius 3 is 2.88 bits per heavy atom. The molecule has 2 aromatic rings. The lowest BCUT2D eigenvalue weighted by Crippen LogP contribution is -2.38. The highest BCUT2D eigenvalue weighted by atomic mass is 127. The van der Waals surface area contributed by atoms with Crippen molar-refractivity contribution in [1.82, 2.24) is 15.2 Å². The molecule has 1 aliphatic rings. The van der Waals surface area contributed by atoms with Crippen molar-refractivity contribution < 1.29 is 9.47 Å². The standard InChI is InChI=1S/C18H24N4O2S.HI/c1-4-19-18(22(3)10-15-11-25-13(2)21-15)20-8-7-14-5-6-16-17(9-14)24-12-23-16;/h5-6,9,11H,4,7-8,10,12H2,1-3H3,(H,19,20);1H. The Balaban J connectivity index is 0.00000243. The number of hydrogen-bond acceptors (Lipinski definition) is 5. The van der Waals surface area contributed by atoms with E-state index < -0.39 is 0 Å². The fraction of sp³-hybridized carbons (Fsp3) is 0.444. The number of ether oxygens (including phenoxy) is 2. The zero-order chi connectivity index (χ0) is 17.6. The molecule has 1 aromatic heterocycles. The van der Waals surface area contributed by atoms with Crippen molar-refractivity contribution in [2.75, 3.05) is 26.9 Å². The maximum absolute atomic E-state index is 5.43. The van der Waals surface area contributed by atoms with E-state index in [0.717, 1.165) is 47.7 Å². The molecule has 1 aliphatic heterocycles. The second kappa shape index (κ2) is 9.96. The number of aromatic nitrogens is 1. The van der Waals surface area contributed by atoms with Crippen molar-refractivity contribution in [3.63, 3.8) is 0 Å². The first-order chi connectivity index (χ1) is 12.2. The number of fused-ring (bicyclic) bond motifs is 1. The van der Waals surface area contributed by atoms with Gasteiger partial charge in [-0.2, -0.15) is 0 Å². The van der Waals surface area contributed by atoms with Crippen LogP contribution < -0.4 is 14.8 Å². The van der Waals surface area contributed by atoms with Crippen LogP contribution in [0.2, 0.25) is 0 Å². The zero-order valence-corrected chi connectivity index (χ0v) is 18.5. The molecule has 0 aliphatic carbocycles. The second-order valence-corrected chi connectivity index (χ2v) is 6.95. The lowest BCUT2D eigenvalue weighted by atomic mass is 10.1. The highest BCUT2D eigenvalue weighted by molar-refractivity contribution is 14.0. The van der Waals surface area contributed by atoms with Crippen molar-refractivity contribution in [2.45, 2.75) is 26.8 Å². The summed E-state index contributed by atoms with van der Waals surface area (Å²) in [7, 11) is 2.04. The Morgan fingerprint density at radius 1 is 1.35 bits per heavy atom. The number of aryl methyl sites for hydroxylation is 1. The summed E-state index contributed by atoms with van der Waals surface area (Å²) in [5, 5.41) is 6.53. The Labute approximate surface area is 175 Å². The molecule has 0 atom stereocenters. The summed E-state index contributed by atoms with van der Waals surface area (Å²) in [5.74, 6) is 2.54. The first kappa shape index (κ1) is 20.8. The number of nitrogens with zero attached hydrogens (tertiary/aromatic N) is 3. The van der Waals surface area contributed by atoms with Crippen LogP contribution in [0.15, 0.2) is 28.6 Å². The number of aliphatic imine (C=N–C) groups is 1. The minimum Gasteiger partial charge on any atom is -0.454 e. The van der Waals surface area contributed by atoms with Gasteiger partial charge in [-0.25, -0.2) is 4.98 Å². The van der Waals surface area contributed by atoms with Crippen LogP contribution >= 0.6 is 35.3 Å². The summed E-state index contributed by atoms with van der Waals surface area (Å²) in [6, 6.07) is 6.06. The lowest BCUT2D eigenvalue weighted by Gasteiger charge is -2.21. The van der Waals surface area contributed by atoms with Gasteiger partial charge in [0.25, 0.3) is 0 Å². The van der Waals surface area contributed by atoms with E-state index >= 15 is 0 Å². The van der Waals surface area contributed by atoms with Gasteiger partial charge in [-0.15, -0.1) is 35.3 Å². The van der Waals surface area contributed by atoms with E-state index in [1.165, 1.54) is 5.56 Å². The van der Waals surface area contributed by atoms with E-state index in [9.17, 15) is 0 Å². The molecule has 0 bridgehead atoms. The van der Waals surface area contributed by atoms with Gasteiger partial charge in [-0.05, 0) is 38.0 Å². The topological polar surface area (TPSA) is 59.0 Å². The number of rotatable bonds is 6. The van der Waals surface area contributed by atoms with Gasteiger partial charge < -0.3 is 19.7 Å². The summed E-state index contributed by atoms with van der Waals surface area (Å²) in [6.45, 7) is 6.71. The van der Waals surface area contributed by atoms with Crippen LogP contribution in [-0.4, -0.2) is 42.8 Å². The van der Waals surface area contributed by atoms with Crippen LogP contribution in [0.25, 0.3) is 0 Å². The number of thiazole rings is 1. The van der Waals surface area contributed by atoms with E-state index in [4.69, 9.17) is 14.5 Å². The average Bonchev–Trinajstić information content (AvgIpc) is 3.22. The molecule has 0 saturated carbocycles. The molecule has 0 saturated heterocycles. The molecular formula is C18H25IN4O2S. The summed E-state index contributed by atoms with van der Waals surface area (Å²) in [4.78, 5) is 11.4. The largest absolute Gasteiger partial charge is 0.454 e. The summed E-state index contributed by atoms with van der Waals surface area (Å²) in [6.07, 6.45) is 0.856. The SMILES string of the molecule is CCNC(=NCCc1ccc2c(c1)OCO2)N(C)Cc1csc(C)n1.I. The fourth-order valence-corrected chi connectivity index (χ4v) is 3.26. The van der Waals surface area contributed by atoms with Crippen molar-refractivity contribution in [3.05, 3.63) is 39.8 Å². The maximum Gasteiger partial charge on any atom is 0.231 e. The van der Waals surface area contributed by atoms with Crippen LogP contribution in [-0.2, 0) is 13.0 Å². The molecule has 2 heterocycles. The third-order valence-electron chi connectivity index (χ3n) is 3.86. The van der Waals surface area contributed by atoms with Crippen molar-refractivity contribution in [1.29, 1.82) is 0 Å². The second-order valence-electron chi connectivity index (χ2n) is 5.89. The van der Waals surface area contributed by atoms with Crippen LogP contribution in [0.1, 0.15) is 23.2 Å². The molecular weight excluding hydrogens is 463 g/mol. The molecule has 6 nitrogen and oxygen atoms in total. The Kier molecular flexibility index (Phi) is 7.95. The highest BCUT2D eigenvalue weighted by Crippen LogP contribution is 2.32. The number of hydrogen-bond donors (Lipinski definition) is 1. The average molecular weight is 488 g/mol. The Morgan fingerprint density at radius 2 is 2.15 bits per heavy atom. The minimum absolute atomic E-state index is 0. The van der Waals surface area contributed by atoms with Gasteiger partial charge in [0.2, 0.25) is 6.79 Å². The smallest absolute Gasteiger partial charge is 0.231 e. The number of guanidine groups is 1. The number of benzene rings is 1. The van der Waals surface area contributed by atoms with Crippen molar-refractivity contribution in [3.8, 4) is 11.5 Å². The van der Waals surface area contributed by atoms with E-state index in [2.05, 4.69) is 33.6 Å². The molecule has 142 valence electrons. The molecule has 0 fully saturated rings. The first-order valence-electron chi connectivity index (χ1n) is 8.44. The van der Waals surface area contributed by atoms with E-state index in [1.807, 2.05) is 26.1 Å². The predicted octanol–water partition coefficient (Wildman–Crippen LogP) is 3.44. The molecule has 0 radical (unpaired) electrons. The minimum atomic E-state index is 0. The zero-order valence-electron chi connectivity index (χ0n) is 15.3. The van der Waals surface area contributed by atoms with Gasteiger partial charge in [0.05, 0.1) is 17.2 Å².